The summed E-state index contributed by atoms with van der Waals surface area (Å²) in [6, 6.07) is 23.9. The van der Waals surface area contributed by atoms with Crippen molar-refractivity contribution >= 4 is 28.5 Å². The number of carboxylic acid groups (broad SMARTS) is 1. The molecule has 1 aliphatic rings. The average Bonchev–Trinajstić information content (AvgIpc) is 3.67. The Morgan fingerprint density at radius 1 is 0.978 bits per heavy atom. The number of nitrogens with zero attached hydrogens (tertiary/aromatic N) is 3. The molecular formula is C36H31FN4O4S. The molecule has 0 bridgehead atoms. The van der Waals surface area contributed by atoms with Gasteiger partial charge in [0.15, 0.2) is 5.82 Å². The number of hydrogen-bond donors (Lipinski definition) is 2. The number of carbonyl (C=O) groups is 1. The van der Waals surface area contributed by atoms with E-state index in [1.54, 1.807) is 30.3 Å². The van der Waals surface area contributed by atoms with Crippen LogP contribution < -0.4 is 9.61 Å². The predicted molar refractivity (Wildman–Crippen MR) is 177 cm³/mol. The van der Waals surface area contributed by atoms with Crippen molar-refractivity contribution in [1.82, 2.24) is 18.9 Å². The van der Waals surface area contributed by atoms with Gasteiger partial charge in [-0.05, 0) is 72.9 Å². The number of benzene rings is 4. The Bertz CT molecular complexity index is 2130. The summed E-state index contributed by atoms with van der Waals surface area (Å²) in [5, 5.41) is 9.54. The molecule has 0 saturated heterocycles. The molecule has 46 heavy (non-hydrogen) atoms. The third-order valence-corrected chi connectivity index (χ3v) is 9.18. The third-order valence-electron chi connectivity index (χ3n) is 8.63. The number of hydrogen-bond acceptors (Lipinski definition) is 6. The topological polar surface area (TPSA) is 110 Å². The lowest BCUT2D eigenvalue weighted by molar-refractivity contribution is 0.0697. The third kappa shape index (κ3) is 5.83. The van der Waals surface area contributed by atoms with Crippen LogP contribution in [0.15, 0.2) is 83.7 Å². The molecule has 0 aliphatic heterocycles. The largest absolute Gasteiger partial charge is 0.489 e. The number of aromatic carboxylic acids is 1. The maximum absolute atomic E-state index is 15.9. The molecular weight excluding hydrogens is 603 g/mol. The second-order valence-corrected chi connectivity index (χ2v) is 12.5. The van der Waals surface area contributed by atoms with E-state index in [0.717, 1.165) is 77.0 Å². The van der Waals surface area contributed by atoms with Crippen LogP contribution in [0.3, 0.4) is 0 Å². The molecule has 8 nitrogen and oxygen atoms in total. The van der Waals surface area contributed by atoms with Crippen LogP contribution in [0.2, 0.25) is 0 Å². The first-order chi connectivity index (χ1) is 22.3. The number of nitrogens with one attached hydrogen (secondary N) is 1. The Hall–Kier alpha value is -5.09. The number of aromatic amines is 1. The van der Waals surface area contributed by atoms with Gasteiger partial charge in [-0.25, -0.2) is 14.2 Å². The zero-order chi connectivity index (χ0) is 31.8. The minimum absolute atomic E-state index is 0.145. The quantitative estimate of drug-likeness (QED) is 0.174. The van der Waals surface area contributed by atoms with Crippen LogP contribution >= 0.6 is 11.5 Å². The summed E-state index contributed by atoms with van der Waals surface area (Å²) < 4.78 is 28.4. The van der Waals surface area contributed by atoms with Crippen LogP contribution in [0.4, 0.5) is 4.39 Å². The number of fused-ring (bicyclic) bond motifs is 1. The van der Waals surface area contributed by atoms with Gasteiger partial charge in [0.25, 0.3) is 0 Å². The van der Waals surface area contributed by atoms with Gasteiger partial charge in [0.05, 0.1) is 22.2 Å². The molecule has 2 N–H and O–H groups in total. The molecule has 2 heterocycles. The molecule has 0 atom stereocenters. The molecule has 10 heteroatoms. The van der Waals surface area contributed by atoms with E-state index in [1.165, 1.54) is 6.07 Å². The summed E-state index contributed by atoms with van der Waals surface area (Å²) in [6.45, 7) is 2.19. The van der Waals surface area contributed by atoms with Gasteiger partial charge in [-0.3, -0.25) is 9.78 Å². The highest BCUT2D eigenvalue weighted by Crippen LogP contribution is 2.38. The SMILES string of the molecule is Cc1ccc(-c2ccc(-c3nsc(=O)[nH]3)cc2COc2ccc(-c3nc4cc(C(=O)O)ccc4n3C3CCCCC3)c(F)c2)cc1. The summed E-state index contributed by atoms with van der Waals surface area (Å²) in [4.78, 5) is 30.7. The summed E-state index contributed by atoms with van der Waals surface area (Å²) in [5.74, 6) is -0.175. The molecule has 2 aromatic heterocycles. The zero-order valence-electron chi connectivity index (χ0n) is 25.1. The monoisotopic (exact) mass is 634 g/mol. The molecule has 0 radical (unpaired) electrons. The van der Waals surface area contributed by atoms with E-state index in [9.17, 15) is 14.7 Å². The Balaban J connectivity index is 1.22. The second-order valence-electron chi connectivity index (χ2n) is 11.7. The van der Waals surface area contributed by atoms with Crippen molar-refractivity contribution in [2.24, 2.45) is 0 Å². The summed E-state index contributed by atoms with van der Waals surface area (Å²) in [5.41, 5.74) is 6.54. The Kier molecular flexibility index (Phi) is 7.96. The van der Waals surface area contributed by atoms with Gasteiger partial charge in [0, 0.05) is 29.2 Å². The van der Waals surface area contributed by atoms with E-state index in [0.29, 0.717) is 28.5 Å². The predicted octanol–water partition coefficient (Wildman–Crippen LogP) is 8.41. The zero-order valence-corrected chi connectivity index (χ0v) is 25.9. The maximum atomic E-state index is 15.9. The van der Waals surface area contributed by atoms with E-state index in [-0.39, 0.29) is 23.1 Å². The first-order valence-corrected chi connectivity index (χ1v) is 16.1. The smallest absolute Gasteiger partial charge is 0.335 e. The molecule has 0 amide bonds. The van der Waals surface area contributed by atoms with E-state index >= 15 is 4.39 Å². The molecule has 1 saturated carbocycles. The van der Waals surface area contributed by atoms with E-state index in [1.807, 2.05) is 49.4 Å². The number of aromatic nitrogens is 4. The molecule has 7 rings (SSSR count). The summed E-state index contributed by atoms with van der Waals surface area (Å²) in [6.07, 6.45) is 5.24. The lowest BCUT2D eigenvalue weighted by Gasteiger charge is -2.25. The highest BCUT2D eigenvalue weighted by molar-refractivity contribution is 7.03. The van der Waals surface area contributed by atoms with E-state index < -0.39 is 11.8 Å². The number of H-pyrrole nitrogens is 1. The Labute approximate surface area is 268 Å². The Morgan fingerprint density at radius 3 is 2.46 bits per heavy atom. The Morgan fingerprint density at radius 2 is 1.74 bits per heavy atom. The fourth-order valence-corrected chi connectivity index (χ4v) is 6.76. The first kappa shape index (κ1) is 29.6. The molecule has 1 aliphatic carbocycles. The van der Waals surface area contributed by atoms with Gasteiger partial charge >= 0.3 is 10.8 Å². The number of aryl methyl sites for hydroxylation is 1. The number of ether oxygens (including phenoxy) is 1. The van der Waals surface area contributed by atoms with Crippen molar-refractivity contribution in [3.05, 3.63) is 111 Å². The van der Waals surface area contributed by atoms with Gasteiger partial charge in [0.2, 0.25) is 0 Å². The standard InChI is InChI=1S/C36H31FN4O4S/c1-21-7-9-22(10-8-21)28-14-11-23(33-39-36(44)46-40-33)17-25(28)20-45-27-13-15-29(30(37)19-27)34-38-31-18-24(35(42)43)12-16-32(31)41(34)26-5-3-2-4-6-26/h7-19,26H,2-6,20H2,1H3,(H,42,43)(H,39,40,44). The molecule has 0 spiro atoms. The molecule has 1 fully saturated rings. The molecule has 0 unspecified atom stereocenters. The minimum Gasteiger partial charge on any atom is -0.489 e. The van der Waals surface area contributed by atoms with Crippen molar-refractivity contribution in [2.45, 2.75) is 51.7 Å². The number of imidazole rings is 1. The van der Waals surface area contributed by atoms with Crippen LogP contribution in [0.25, 0.3) is 44.9 Å². The number of carboxylic acids is 1. The van der Waals surface area contributed by atoms with E-state index in [2.05, 4.69) is 13.9 Å². The highest BCUT2D eigenvalue weighted by atomic mass is 32.1. The number of rotatable bonds is 8. The van der Waals surface area contributed by atoms with Crippen molar-refractivity contribution in [3.8, 4) is 39.7 Å². The van der Waals surface area contributed by atoms with Crippen LogP contribution in [0, 0.1) is 12.7 Å². The minimum atomic E-state index is -1.03. The van der Waals surface area contributed by atoms with Gasteiger partial charge in [-0.15, -0.1) is 0 Å². The summed E-state index contributed by atoms with van der Waals surface area (Å²) >= 11 is 0.865. The fraction of sp³-hybridized carbons (Fsp3) is 0.222. The lowest BCUT2D eigenvalue weighted by atomic mass is 9.94. The number of halogens is 1. The van der Waals surface area contributed by atoms with Gasteiger partial charge in [-0.2, -0.15) is 4.37 Å². The molecule has 6 aromatic rings. The van der Waals surface area contributed by atoms with Crippen LogP contribution in [0.5, 0.6) is 5.75 Å². The summed E-state index contributed by atoms with van der Waals surface area (Å²) in [7, 11) is 0. The van der Waals surface area contributed by atoms with Crippen molar-refractivity contribution in [2.75, 3.05) is 0 Å². The molecule has 232 valence electrons. The second kappa shape index (κ2) is 12.4. The highest BCUT2D eigenvalue weighted by Gasteiger charge is 2.25. The van der Waals surface area contributed by atoms with E-state index in [4.69, 9.17) is 9.72 Å². The van der Waals surface area contributed by atoms with Crippen molar-refractivity contribution in [1.29, 1.82) is 0 Å². The van der Waals surface area contributed by atoms with Gasteiger partial charge in [-0.1, -0.05) is 61.2 Å². The normalized spacial score (nSPS) is 13.7. The molecule has 4 aromatic carbocycles. The lowest BCUT2D eigenvalue weighted by Crippen LogP contribution is -2.14. The fourth-order valence-electron chi connectivity index (χ4n) is 6.29. The van der Waals surface area contributed by atoms with Crippen molar-refractivity contribution in [3.63, 3.8) is 0 Å². The first-order valence-electron chi connectivity index (χ1n) is 15.3. The van der Waals surface area contributed by atoms with Crippen LogP contribution in [0.1, 0.15) is 59.6 Å². The van der Waals surface area contributed by atoms with Crippen LogP contribution in [-0.2, 0) is 6.61 Å². The average molecular weight is 635 g/mol. The van der Waals surface area contributed by atoms with Crippen molar-refractivity contribution < 1.29 is 19.0 Å². The maximum Gasteiger partial charge on any atom is 0.335 e. The van der Waals surface area contributed by atoms with Gasteiger partial charge in [0.1, 0.15) is 24.0 Å². The van der Waals surface area contributed by atoms with Gasteiger partial charge < -0.3 is 14.4 Å². The van der Waals surface area contributed by atoms with Crippen LogP contribution in [-0.4, -0.2) is 30.0 Å².